The van der Waals surface area contributed by atoms with Gasteiger partial charge in [0, 0.05) is 12.0 Å². The van der Waals surface area contributed by atoms with Crippen LogP contribution in [0.1, 0.15) is 38.7 Å². The molecule has 0 amide bonds. The van der Waals surface area contributed by atoms with Crippen molar-refractivity contribution in [2.24, 2.45) is 5.92 Å². The van der Waals surface area contributed by atoms with Crippen molar-refractivity contribution in [3.63, 3.8) is 0 Å². The Labute approximate surface area is 103 Å². The zero-order chi connectivity index (χ0) is 12.3. The topological polar surface area (TPSA) is 12.0 Å². The Bertz CT molecular complexity index is 369. The molecular weight excluding hydrogens is 213 g/mol. The summed E-state index contributed by atoms with van der Waals surface area (Å²) in [4.78, 5) is 0. The lowest BCUT2D eigenvalue weighted by Gasteiger charge is -2.47. The van der Waals surface area contributed by atoms with E-state index in [1.165, 1.54) is 0 Å². The van der Waals surface area contributed by atoms with E-state index in [-0.39, 0.29) is 11.2 Å². The van der Waals surface area contributed by atoms with E-state index in [0.717, 1.165) is 43.8 Å². The van der Waals surface area contributed by atoms with E-state index in [4.69, 9.17) is 0 Å². The van der Waals surface area contributed by atoms with Gasteiger partial charge < -0.3 is 5.32 Å². The van der Waals surface area contributed by atoms with Gasteiger partial charge in [-0.05, 0) is 43.4 Å². The molecule has 1 saturated carbocycles. The van der Waals surface area contributed by atoms with Crippen molar-refractivity contribution in [2.45, 2.75) is 38.5 Å². The van der Waals surface area contributed by atoms with E-state index in [9.17, 15) is 4.39 Å². The van der Waals surface area contributed by atoms with Crippen LogP contribution >= 0.6 is 0 Å². The molecule has 1 aliphatic rings. The summed E-state index contributed by atoms with van der Waals surface area (Å²) >= 11 is 0. The quantitative estimate of drug-likeness (QED) is 0.770. The molecule has 0 aromatic heterocycles. The Morgan fingerprint density at radius 1 is 1.35 bits per heavy atom. The van der Waals surface area contributed by atoms with Crippen molar-refractivity contribution in [3.05, 3.63) is 35.6 Å². The zero-order valence-electron chi connectivity index (χ0n) is 10.8. The van der Waals surface area contributed by atoms with E-state index >= 15 is 0 Å². The van der Waals surface area contributed by atoms with Crippen LogP contribution in [0.25, 0.3) is 0 Å². The monoisotopic (exact) mass is 235 g/mol. The zero-order valence-corrected chi connectivity index (χ0v) is 10.8. The third-order valence-electron chi connectivity index (χ3n) is 3.81. The van der Waals surface area contributed by atoms with Gasteiger partial charge in [-0.15, -0.1) is 0 Å². The fourth-order valence-corrected chi connectivity index (χ4v) is 3.13. The molecule has 1 fully saturated rings. The molecule has 0 spiro atoms. The highest BCUT2D eigenvalue weighted by Gasteiger charge is 2.44. The first kappa shape index (κ1) is 12.6. The first-order chi connectivity index (χ1) is 8.18. The Balaban J connectivity index is 2.14. The number of rotatable bonds is 5. The molecule has 1 N–H and O–H groups in total. The molecule has 17 heavy (non-hydrogen) atoms. The number of hydrogen-bond acceptors (Lipinski definition) is 1. The fraction of sp³-hybridized carbons (Fsp3) is 0.600. The second-order valence-electron chi connectivity index (χ2n) is 5.45. The van der Waals surface area contributed by atoms with E-state index in [0.29, 0.717) is 0 Å². The lowest BCUT2D eigenvalue weighted by Crippen LogP contribution is -2.48. The van der Waals surface area contributed by atoms with Gasteiger partial charge in [-0.3, -0.25) is 0 Å². The highest BCUT2D eigenvalue weighted by atomic mass is 19.1. The lowest BCUT2D eigenvalue weighted by molar-refractivity contribution is 0.148. The van der Waals surface area contributed by atoms with Gasteiger partial charge in [-0.2, -0.15) is 0 Å². The van der Waals surface area contributed by atoms with Gasteiger partial charge in [0.25, 0.3) is 0 Å². The van der Waals surface area contributed by atoms with E-state index in [1.54, 1.807) is 12.1 Å². The molecule has 94 valence electrons. The van der Waals surface area contributed by atoms with Crippen LogP contribution in [0.4, 0.5) is 4.39 Å². The minimum Gasteiger partial charge on any atom is -0.316 e. The third-order valence-corrected chi connectivity index (χ3v) is 3.81. The Morgan fingerprint density at radius 2 is 2.06 bits per heavy atom. The van der Waals surface area contributed by atoms with Crippen LogP contribution in [0.5, 0.6) is 0 Å². The van der Waals surface area contributed by atoms with Crippen molar-refractivity contribution in [3.8, 4) is 0 Å². The normalized spacial score (nSPS) is 27.8. The van der Waals surface area contributed by atoms with Gasteiger partial charge in [0.15, 0.2) is 0 Å². The average molecular weight is 235 g/mol. The summed E-state index contributed by atoms with van der Waals surface area (Å²) in [6.45, 7) is 6.34. The van der Waals surface area contributed by atoms with E-state index in [1.807, 2.05) is 12.1 Å². The Kier molecular flexibility index (Phi) is 3.82. The first-order valence-corrected chi connectivity index (χ1v) is 6.64. The minimum absolute atomic E-state index is 0.0416. The summed E-state index contributed by atoms with van der Waals surface area (Å²) in [6, 6.07) is 7.26. The maximum Gasteiger partial charge on any atom is 0.127 e. The summed E-state index contributed by atoms with van der Waals surface area (Å²) < 4.78 is 13.9. The predicted molar refractivity (Wildman–Crippen MR) is 69.6 cm³/mol. The molecule has 1 aromatic rings. The molecular formula is C15H22FN. The summed E-state index contributed by atoms with van der Waals surface area (Å²) in [5, 5.41) is 3.46. The molecule has 1 aliphatic carbocycles. The fourth-order valence-electron chi connectivity index (χ4n) is 3.13. The van der Waals surface area contributed by atoms with Crippen LogP contribution in [-0.2, 0) is 5.41 Å². The minimum atomic E-state index is -0.0438. The van der Waals surface area contributed by atoms with E-state index in [2.05, 4.69) is 19.2 Å². The first-order valence-electron chi connectivity index (χ1n) is 6.64. The van der Waals surface area contributed by atoms with Crippen LogP contribution in [0.2, 0.25) is 0 Å². The van der Waals surface area contributed by atoms with Gasteiger partial charge >= 0.3 is 0 Å². The molecule has 0 heterocycles. The maximum atomic E-state index is 13.9. The predicted octanol–water partition coefficient (Wildman–Crippen LogP) is 3.49. The van der Waals surface area contributed by atoms with Gasteiger partial charge in [0.05, 0.1) is 0 Å². The molecule has 0 bridgehead atoms. The molecule has 0 unspecified atom stereocenters. The van der Waals surface area contributed by atoms with Crippen molar-refractivity contribution in [2.75, 3.05) is 13.1 Å². The van der Waals surface area contributed by atoms with Crippen molar-refractivity contribution < 1.29 is 4.39 Å². The highest BCUT2D eigenvalue weighted by Crippen LogP contribution is 2.47. The maximum absolute atomic E-state index is 13.9. The number of nitrogens with one attached hydrogen (secondary N) is 1. The summed E-state index contributed by atoms with van der Waals surface area (Å²) in [5.41, 5.74) is 0.946. The number of hydrogen-bond donors (Lipinski definition) is 1. The number of benzene rings is 1. The standard InChI is InChI=1S/C15H22FN/c1-3-8-17-11-15(9-12(2)10-15)13-6-4-5-7-14(13)16/h4-7,12,17H,3,8-11H2,1-2H3. The van der Waals surface area contributed by atoms with Crippen molar-refractivity contribution >= 4 is 0 Å². The van der Waals surface area contributed by atoms with Crippen LogP contribution < -0.4 is 5.32 Å². The average Bonchev–Trinajstić information content (AvgIpc) is 2.27. The molecule has 2 rings (SSSR count). The van der Waals surface area contributed by atoms with Gasteiger partial charge in [-0.25, -0.2) is 4.39 Å². The smallest absolute Gasteiger partial charge is 0.127 e. The Hall–Kier alpha value is -0.890. The van der Waals surface area contributed by atoms with Gasteiger partial charge in [0.2, 0.25) is 0 Å². The van der Waals surface area contributed by atoms with Crippen LogP contribution in [-0.4, -0.2) is 13.1 Å². The largest absolute Gasteiger partial charge is 0.316 e. The Morgan fingerprint density at radius 3 is 2.65 bits per heavy atom. The van der Waals surface area contributed by atoms with Gasteiger partial charge in [0.1, 0.15) is 5.82 Å². The summed E-state index contributed by atoms with van der Waals surface area (Å²) in [7, 11) is 0. The summed E-state index contributed by atoms with van der Waals surface area (Å²) in [6.07, 6.45) is 3.33. The molecule has 0 saturated heterocycles. The molecule has 0 atom stereocenters. The molecule has 1 aromatic carbocycles. The molecule has 0 aliphatic heterocycles. The molecule has 2 heteroatoms. The van der Waals surface area contributed by atoms with E-state index < -0.39 is 0 Å². The second kappa shape index (κ2) is 5.18. The lowest BCUT2D eigenvalue weighted by atomic mass is 9.59. The van der Waals surface area contributed by atoms with Crippen LogP contribution in [0.15, 0.2) is 24.3 Å². The second-order valence-corrected chi connectivity index (χ2v) is 5.45. The van der Waals surface area contributed by atoms with Crippen LogP contribution in [0.3, 0.4) is 0 Å². The third kappa shape index (κ3) is 2.52. The van der Waals surface area contributed by atoms with Crippen molar-refractivity contribution in [1.29, 1.82) is 0 Å². The molecule has 0 radical (unpaired) electrons. The number of halogens is 1. The SMILES string of the molecule is CCCNCC1(c2ccccc2F)CC(C)C1. The van der Waals surface area contributed by atoms with Gasteiger partial charge in [-0.1, -0.05) is 32.0 Å². The van der Waals surface area contributed by atoms with Crippen molar-refractivity contribution in [1.82, 2.24) is 5.32 Å². The van der Waals surface area contributed by atoms with Crippen LogP contribution in [0, 0.1) is 11.7 Å². The molecule has 1 nitrogen and oxygen atoms in total. The summed E-state index contributed by atoms with van der Waals surface area (Å²) in [5.74, 6) is 0.677. The highest BCUT2D eigenvalue weighted by molar-refractivity contribution is 5.30.